The van der Waals surface area contributed by atoms with Gasteiger partial charge in [0.25, 0.3) is 0 Å². The molecule has 1 aromatic carbocycles. The lowest BCUT2D eigenvalue weighted by atomic mass is 10.0. The van der Waals surface area contributed by atoms with Crippen LogP contribution >= 0.6 is 15.9 Å². The van der Waals surface area contributed by atoms with Gasteiger partial charge in [-0.1, -0.05) is 15.9 Å². The summed E-state index contributed by atoms with van der Waals surface area (Å²) >= 11 is 3.10. The van der Waals surface area contributed by atoms with Crippen molar-refractivity contribution >= 4 is 27.5 Å². The van der Waals surface area contributed by atoms with Crippen molar-refractivity contribution in [3.05, 3.63) is 34.1 Å². The summed E-state index contributed by atoms with van der Waals surface area (Å²) in [6.07, 6.45) is -0.108. The lowest BCUT2D eigenvalue weighted by Crippen LogP contribution is -2.12. The van der Waals surface area contributed by atoms with Crippen LogP contribution in [0.15, 0.2) is 22.7 Å². The topological polar surface area (TPSA) is 43.4 Å². The van der Waals surface area contributed by atoms with Crippen LogP contribution in [0.3, 0.4) is 0 Å². The van der Waals surface area contributed by atoms with E-state index in [4.69, 9.17) is 4.74 Å². The number of Topliss-reactive ketones (excluding diaryl/α,β-unsaturated/α-hetero) is 2. The summed E-state index contributed by atoms with van der Waals surface area (Å²) in [6, 6.07) is 4.15. The van der Waals surface area contributed by atoms with Gasteiger partial charge in [-0.05, 0) is 25.1 Å². The van der Waals surface area contributed by atoms with E-state index in [0.717, 1.165) is 0 Å². The van der Waals surface area contributed by atoms with Crippen molar-refractivity contribution < 1.29 is 18.7 Å². The van der Waals surface area contributed by atoms with Crippen molar-refractivity contribution in [2.45, 2.75) is 19.8 Å². The first-order valence-electron chi connectivity index (χ1n) is 5.62. The number of ether oxygens (including phenoxy) is 1. The molecule has 0 aromatic heterocycles. The second kappa shape index (κ2) is 7.38. The van der Waals surface area contributed by atoms with Crippen LogP contribution in [0, 0.1) is 5.82 Å². The van der Waals surface area contributed by atoms with E-state index in [-0.39, 0.29) is 24.2 Å². The molecule has 0 heterocycles. The Labute approximate surface area is 113 Å². The van der Waals surface area contributed by atoms with Crippen LogP contribution in [0.5, 0.6) is 0 Å². The molecule has 0 atom stereocenters. The normalized spacial score (nSPS) is 10.4. The number of ketones is 2. The number of rotatable bonds is 7. The summed E-state index contributed by atoms with van der Waals surface area (Å²) in [7, 11) is 0. The Morgan fingerprint density at radius 1 is 1.39 bits per heavy atom. The van der Waals surface area contributed by atoms with Crippen LogP contribution in [0.2, 0.25) is 0 Å². The zero-order valence-corrected chi connectivity index (χ0v) is 11.6. The second-order valence-corrected chi connectivity index (χ2v) is 4.63. The van der Waals surface area contributed by atoms with Crippen LogP contribution in [0.4, 0.5) is 4.39 Å². The van der Waals surface area contributed by atoms with E-state index >= 15 is 0 Å². The molecule has 98 valence electrons. The Kier molecular flexibility index (Phi) is 6.15. The third-order valence-corrected chi connectivity index (χ3v) is 2.81. The van der Waals surface area contributed by atoms with Crippen molar-refractivity contribution in [2.24, 2.45) is 0 Å². The molecule has 1 aromatic rings. The second-order valence-electron chi connectivity index (χ2n) is 3.71. The van der Waals surface area contributed by atoms with Gasteiger partial charge < -0.3 is 4.74 Å². The molecule has 0 radical (unpaired) electrons. The molecule has 0 amide bonds. The molecular weight excluding hydrogens is 303 g/mol. The van der Waals surface area contributed by atoms with Gasteiger partial charge in [0.15, 0.2) is 5.78 Å². The number of carbonyl (C=O) groups is 2. The molecule has 0 bridgehead atoms. The molecule has 0 fully saturated rings. The van der Waals surface area contributed by atoms with Crippen LogP contribution in [0.25, 0.3) is 0 Å². The summed E-state index contributed by atoms with van der Waals surface area (Å²) in [5.74, 6) is -1.36. The largest absolute Gasteiger partial charge is 0.381 e. The van der Waals surface area contributed by atoms with Crippen LogP contribution in [-0.4, -0.2) is 24.8 Å². The van der Waals surface area contributed by atoms with Crippen molar-refractivity contribution in [3.8, 4) is 0 Å². The zero-order valence-electron chi connectivity index (χ0n) is 10.0. The lowest BCUT2D eigenvalue weighted by molar-refractivity contribution is -0.119. The Morgan fingerprint density at radius 2 is 2.11 bits per heavy atom. The summed E-state index contributed by atoms with van der Waals surface area (Å²) in [5, 5.41) is 0. The minimum absolute atomic E-state index is 0.0528. The molecule has 0 aliphatic rings. The fraction of sp³-hybridized carbons (Fsp3) is 0.385. The molecule has 0 unspecified atom stereocenters. The van der Waals surface area contributed by atoms with E-state index in [1.165, 1.54) is 12.1 Å². The molecule has 0 saturated carbocycles. The van der Waals surface area contributed by atoms with Crippen molar-refractivity contribution in [1.29, 1.82) is 0 Å². The Bertz CT molecular complexity index is 446. The molecule has 18 heavy (non-hydrogen) atoms. The Morgan fingerprint density at radius 3 is 2.72 bits per heavy atom. The number of hydrogen-bond acceptors (Lipinski definition) is 3. The van der Waals surface area contributed by atoms with Gasteiger partial charge in [0.1, 0.15) is 11.6 Å². The van der Waals surface area contributed by atoms with Gasteiger partial charge in [-0.3, -0.25) is 9.59 Å². The van der Waals surface area contributed by atoms with E-state index in [2.05, 4.69) is 15.9 Å². The predicted octanol–water partition coefficient (Wildman–Crippen LogP) is 3.16. The van der Waals surface area contributed by atoms with Crippen LogP contribution in [0.1, 0.15) is 30.1 Å². The number of carbonyl (C=O) groups excluding carboxylic acids is 2. The lowest BCUT2D eigenvalue weighted by Gasteiger charge is -2.03. The van der Waals surface area contributed by atoms with E-state index < -0.39 is 11.6 Å². The highest BCUT2D eigenvalue weighted by molar-refractivity contribution is 9.10. The number of hydrogen-bond donors (Lipinski definition) is 0. The standard InChI is InChI=1S/C13H14BrFO3/c1-2-18-6-5-10(16)8-13(17)11-4-3-9(14)7-12(11)15/h3-4,7H,2,5-6,8H2,1H3. The van der Waals surface area contributed by atoms with Gasteiger partial charge >= 0.3 is 0 Å². The Balaban J connectivity index is 2.57. The van der Waals surface area contributed by atoms with Crippen molar-refractivity contribution in [3.63, 3.8) is 0 Å². The van der Waals surface area contributed by atoms with Gasteiger partial charge in [0.05, 0.1) is 18.6 Å². The molecule has 0 N–H and O–H groups in total. The van der Waals surface area contributed by atoms with E-state index in [1.54, 1.807) is 6.07 Å². The summed E-state index contributed by atoms with van der Waals surface area (Å²) < 4.78 is 19.0. The van der Waals surface area contributed by atoms with Crippen molar-refractivity contribution in [2.75, 3.05) is 13.2 Å². The molecule has 1 rings (SSSR count). The molecule has 5 heteroatoms. The van der Waals surface area contributed by atoms with Gasteiger partial charge in [-0.25, -0.2) is 4.39 Å². The maximum Gasteiger partial charge on any atom is 0.173 e. The summed E-state index contributed by atoms with van der Waals surface area (Å²) in [5.41, 5.74) is -0.0528. The molecule has 0 spiro atoms. The van der Waals surface area contributed by atoms with E-state index in [1.807, 2.05) is 6.92 Å². The molecule has 0 aliphatic heterocycles. The Hall–Kier alpha value is -1.07. The molecular formula is C13H14BrFO3. The fourth-order valence-electron chi connectivity index (χ4n) is 1.41. The van der Waals surface area contributed by atoms with E-state index in [9.17, 15) is 14.0 Å². The minimum atomic E-state index is -0.619. The van der Waals surface area contributed by atoms with Crippen LogP contribution < -0.4 is 0 Å². The SMILES string of the molecule is CCOCCC(=O)CC(=O)c1ccc(Br)cc1F. The highest BCUT2D eigenvalue weighted by atomic mass is 79.9. The van der Waals surface area contributed by atoms with E-state index in [0.29, 0.717) is 17.7 Å². The third-order valence-electron chi connectivity index (χ3n) is 2.32. The quantitative estimate of drug-likeness (QED) is 0.441. The summed E-state index contributed by atoms with van der Waals surface area (Å²) in [4.78, 5) is 23.2. The molecule has 3 nitrogen and oxygen atoms in total. The minimum Gasteiger partial charge on any atom is -0.381 e. The first kappa shape index (κ1) is 15.0. The maximum atomic E-state index is 13.5. The zero-order chi connectivity index (χ0) is 13.5. The third kappa shape index (κ3) is 4.66. The predicted molar refractivity (Wildman–Crippen MR) is 69.2 cm³/mol. The van der Waals surface area contributed by atoms with Gasteiger partial charge in [0.2, 0.25) is 0 Å². The van der Waals surface area contributed by atoms with Crippen molar-refractivity contribution in [1.82, 2.24) is 0 Å². The highest BCUT2D eigenvalue weighted by Gasteiger charge is 2.15. The summed E-state index contributed by atoms with van der Waals surface area (Å²) in [6.45, 7) is 2.65. The smallest absolute Gasteiger partial charge is 0.173 e. The van der Waals surface area contributed by atoms with Gasteiger partial charge in [-0.2, -0.15) is 0 Å². The van der Waals surface area contributed by atoms with Crippen LogP contribution in [-0.2, 0) is 9.53 Å². The molecule has 0 aliphatic carbocycles. The molecule has 0 saturated heterocycles. The number of benzene rings is 1. The average molecular weight is 317 g/mol. The first-order valence-corrected chi connectivity index (χ1v) is 6.41. The first-order chi connectivity index (χ1) is 8.54. The fourth-order valence-corrected chi connectivity index (χ4v) is 1.74. The highest BCUT2D eigenvalue weighted by Crippen LogP contribution is 2.16. The number of halogens is 2. The monoisotopic (exact) mass is 316 g/mol. The average Bonchev–Trinajstić information content (AvgIpc) is 2.28. The maximum absolute atomic E-state index is 13.5. The van der Waals surface area contributed by atoms with Gasteiger partial charge in [-0.15, -0.1) is 0 Å². The van der Waals surface area contributed by atoms with Gasteiger partial charge in [0, 0.05) is 17.5 Å².